The Morgan fingerprint density at radius 1 is 1.37 bits per heavy atom. The van der Waals surface area contributed by atoms with Gasteiger partial charge < -0.3 is 10.1 Å². The van der Waals surface area contributed by atoms with Crippen molar-refractivity contribution in [1.29, 1.82) is 0 Å². The molecule has 27 heavy (non-hydrogen) atoms. The molecule has 0 bridgehead atoms. The number of hydrogen-bond acceptors (Lipinski definition) is 6. The van der Waals surface area contributed by atoms with E-state index in [4.69, 9.17) is 4.74 Å². The third kappa shape index (κ3) is 4.60. The van der Waals surface area contributed by atoms with Gasteiger partial charge in [-0.2, -0.15) is 5.10 Å². The number of aromatic nitrogens is 3. The molecule has 3 rings (SSSR count). The van der Waals surface area contributed by atoms with Crippen LogP contribution in [0.25, 0.3) is 0 Å². The number of pyridine rings is 1. The summed E-state index contributed by atoms with van der Waals surface area (Å²) in [5, 5.41) is 17.9. The number of aryl methyl sites for hydroxylation is 1. The molecule has 0 saturated heterocycles. The molecule has 144 valence electrons. The molecule has 0 atom stereocenters. The zero-order valence-electron chi connectivity index (χ0n) is 15.5. The van der Waals surface area contributed by atoms with Crippen molar-refractivity contribution in [2.75, 3.05) is 0 Å². The van der Waals surface area contributed by atoms with Crippen LogP contribution in [-0.4, -0.2) is 31.7 Å². The maximum atomic E-state index is 12.1. The van der Waals surface area contributed by atoms with Crippen LogP contribution in [0.2, 0.25) is 0 Å². The number of carbonyl (C=O) groups excluding carboxylic acids is 1. The highest BCUT2D eigenvalue weighted by atomic mass is 16.6. The first-order valence-corrected chi connectivity index (χ1v) is 9.00. The molecule has 1 aliphatic rings. The van der Waals surface area contributed by atoms with Gasteiger partial charge in [-0.1, -0.05) is 6.07 Å². The second kappa shape index (κ2) is 8.15. The summed E-state index contributed by atoms with van der Waals surface area (Å²) < 4.78 is 7.16. The first-order valence-electron chi connectivity index (χ1n) is 9.00. The van der Waals surface area contributed by atoms with E-state index in [-0.39, 0.29) is 24.2 Å². The third-order valence-corrected chi connectivity index (χ3v) is 4.70. The summed E-state index contributed by atoms with van der Waals surface area (Å²) in [4.78, 5) is 27.0. The SMILES string of the molecule is Cc1nn(CC(=O)NCc2ccc(OC3CCCC3)nc2)c(C)c1[N+](=O)[O-]. The Morgan fingerprint density at radius 2 is 2.11 bits per heavy atom. The molecule has 0 aromatic carbocycles. The maximum Gasteiger partial charge on any atom is 0.312 e. The Kier molecular flexibility index (Phi) is 5.68. The summed E-state index contributed by atoms with van der Waals surface area (Å²) in [6, 6.07) is 3.68. The molecule has 1 fully saturated rings. The lowest BCUT2D eigenvalue weighted by molar-refractivity contribution is -0.386. The molecule has 2 aromatic rings. The van der Waals surface area contributed by atoms with Crippen LogP contribution in [-0.2, 0) is 17.9 Å². The van der Waals surface area contributed by atoms with E-state index in [0.717, 1.165) is 18.4 Å². The number of amides is 1. The monoisotopic (exact) mass is 373 g/mol. The number of ether oxygens (including phenoxy) is 1. The molecule has 0 aliphatic heterocycles. The fourth-order valence-corrected chi connectivity index (χ4v) is 3.26. The Bertz CT molecular complexity index is 825. The zero-order valence-corrected chi connectivity index (χ0v) is 15.5. The fourth-order valence-electron chi connectivity index (χ4n) is 3.26. The maximum absolute atomic E-state index is 12.1. The van der Waals surface area contributed by atoms with E-state index in [1.807, 2.05) is 12.1 Å². The van der Waals surface area contributed by atoms with Crippen LogP contribution >= 0.6 is 0 Å². The molecule has 1 N–H and O–H groups in total. The van der Waals surface area contributed by atoms with Gasteiger partial charge in [0, 0.05) is 18.8 Å². The molecular weight excluding hydrogens is 350 g/mol. The van der Waals surface area contributed by atoms with Crippen LogP contribution in [0, 0.1) is 24.0 Å². The van der Waals surface area contributed by atoms with Gasteiger partial charge in [0.1, 0.15) is 24.0 Å². The van der Waals surface area contributed by atoms with E-state index in [1.165, 1.54) is 17.5 Å². The molecule has 2 heterocycles. The number of nitro groups is 1. The summed E-state index contributed by atoms with van der Waals surface area (Å²) in [6.45, 7) is 3.38. The van der Waals surface area contributed by atoms with Gasteiger partial charge in [-0.3, -0.25) is 19.6 Å². The summed E-state index contributed by atoms with van der Waals surface area (Å²) in [6.07, 6.45) is 6.49. The fraction of sp³-hybridized carbons (Fsp3) is 0.500. The second-order valence-electron chi connectivity index (χ2n) is 6.74. The highest BCUT2D eigenvalue weighted by Crippen LogP contribution is 2.23. The average molecular weight is 373 g/mol. The summed E-state index contributed by atoms with van der Waals surface area (Å²) in [7, 11) is 0. The molecular formula is C18H23N5O4. The quantitative estimate of drug-likeness (QED) is 0.589. The first-order chi connectivity index (χ1) is 12.9. The number of nitrogens with zero attached hydrogens (tertiary/aromatic N) is 4. The van der Waals surface area contributed by atoms with Crippen molar-refractivity contribution in [3.05, 3.63) is 45.4 Å². The van der Waals surface area contributed by atoms with E-state index >= 15 is 0 Å². The van der Waals surface area contributed by atoms with Crippen LogP contribution in [0.1, 0.15) is 42.6 Å². The van der Waals surface area contributed by atoms with Gasteiger partial charge >= 0.3 is 5.69 Å². The molecule has 0 spiro atoms. The minimum atomic E-state index is -0.479. The Labute approximate surface area is 156 Å². The van der Waals surface area contributed by atoms with Crippen molar-refractivity contribution >= 4 is 11.6 Å². The van der Waals surface area contributed by atoms with Gasteiger partial charge in [0.25, 0.3) is 0 Å². The van der Waals surface area contributed by atoms with E-state index in [1.54, 1.807) is 20.0 Å². The molecule has 1 aliphatic carbocycles. The van der Waals surface area contributed by atoms with Crippen molar-refractivity contribution < 1.29 is 14.5 Å². The normalized spacial score (nSPS) is 14.3. The van der Waals surface area contributed by atoms with Crippen LogP contribution in [0.15, 0.2) is 18.3 Å². The molecule has 1 saturated carbocycles. The number of hydrogen-bond donors (Lipinski definition) is 1. The number of carbonyl (C=O) groups is 1. The lowest BCUT2D eigenvalue weighted by Gasteiger charge is -2.12. The first kappa shape index (κ1) is 18.8. The van der Waals surface area contributed by atoms with E-state index in [0.29, 0.717) is 23.8 Å². The standard InChI is InChI=1S/C18H23N5O4/c1-12-18(23(25)26)13(2)22(21-12)11-16(24)19-9-14-7-8-17(20-10-14)27-15-5-3-4-6-15/h7-8,10,15H,3-6,9,11H2,1-2H3,(H,19,24). The predicted octanol–water partition coefficient (Wildman–Crippen LogP) is 2.44. The van der Waals surface area contributed by atoms with Crippen LogP contribution < -0.4 is 10.1 Å². The average Bonchev–Trinajstić information content (AvgIpc) is 3.22. The molecule has 1 amide bonds. The molecule has 0 radical (unpaired) electrons. The number of nitrogens with one attached hydrogen (secondary N) is 1. The second-order valence-corrected chi connectivity index (χ2v) is 6.74. The van der Waals surface area contributed by atoms with Gasteiger partial charge in [-0.25, -0.2) is 4.98 Å². The van der Waals surface area contributed by atoms with Crippen molar-refractivity contribution in [3.8, 4) is 5.88 Å². The topological polar surface area (TPSA) is 112 Å². The van der Waals surface area contributed by atoms with E-state index in [9.17, 15) is 14.9 Å². The summed E-state index contributed by atoms with van der Waals surface area (Å²) in [5.74, 6) is 0.328. The largest absolute Gasteiger partial charge is 0.474 e. The van der Waals surface area contributed by atoms with Crippen molar-refractivity contribution in [2.24, 2.45) is 0 Å². The molecule has 9 heteroatoms. The molecule has 2 aromatic heterocycles. The van der Waals surface area contributed by atoms with Gasteiger partial charge in [-0.15, -0.1) is 0 Å². The minimum absolute atomic E-state index is 0.0511. The summed E-state index contributed by atoms with van der Waals surface area (Å²) >= 11 is 0. The lowest BCUT2D eigenvalue weighted by atomic mass is 10.3. The lowest BCUT2D eigenvalue weighted by Crippen LogP contribution is -2.28. The highest BCUT2D eigenvalue weighted by Gasteiger charge is 2.22. The van der Waals surface area contributed by atoms with Crippen LogP contribution in [0.4, 0.5) is 5.69 Å². The van der Waals surface area contributed by atoms with Crippen LogP contribution in [0.3, 0.4) is 0 Å². The summed E-state index contributed by atoms with van der Waals surface area (Å²) in [5.41, 5.74) is 1.46. The Morgan fingerprint density at radius 3 is 2.70 bits per heavy atom. The van der Waals surface area contributed by atoms with Gasteiger partial charge in [0.2, 0.25) is 11.8 Å². The van der Waals surface area contributed by atoms with Gasteiger partial charge in [-0.05, 0) is 45.1 Å². The minimum Gasteiger partial charge on any atom is -0.474 e. The van der Waals surface area contributed by atoms with Crippen molar-refractivity contribution in [1.82, 2.24) is 20.1 Å². The van der Waals surface area contributed by atoms with E-state index < -0.39 is 4.92 Å². The van der Waals surface area contributed by atoms with E-state index in [2.05, 4.69) is 15.4 Å². The molecule has 0 unspecified atom stereocenters. The van der Waals surface area contributed by atoms with Gasteiger partial charge in [0.05, 0.1) is 4.92 Å². The van der Waals surface area contributed by atoms with Gasteiger partial charge in [0.15, 0.2) is 0 Å². The smallest absolute Gasteiger partial charge is 0.312 e. The predicted molar refractivity (Wildman–Crippen MR) is 97.3 cm³/mol. The van der Waals surface area contributed by atoms with Crippen LogP contribution in [0.5, 0.6) is 5.88 Å². The zero-order chi connectivity index (χ0) is 19.4. The third-order valence-electron chi connectivity index (χ3n) is 4.70. The van der Waals surface area contributed by atoms with Crippen molar-refractivity contribution in [2.45, 2.75) is 58.7 Å². The molecule has 9 nitrogen and oxygen atoms in total. The Balaban J connectivity index is 1.52. The number of rotatable bonds is 7. The Hall–Kier alpha value is -2.97. The van der Waals surface area contributed by atoms with Crippen molar-refractivity contribution in [3.63, 3.8) is 0 Å². The highest BCUT2D eigenvalue weighted by molar-refractivity contribution is 5.75.